The molecular formula is C37H25O10P. The highest BCUT2D eigenvalue weighted by Crippen LogP contribution is 2.55. The van der Waals surface area contributed by atoms with Gasteiger partial charge in [0, 0.05) is 18.1 Å². The van der Waals surface area contributed by atoms with Crippen molar-refractivity contribution in [2.75, 3.05) is 0 Å². The summed E-state index contributed by atoms with van der Waals surface area (Å²) in [4.78, 5) is 62.0. The third-order valence-electron chi connectivity index (χ3n) is 7.36. The quantitative estimate of drug-likeness (QED) is 0.0641. The summed E-state index contributed by atoms with van der Waals surface area (Å²) in [6, 6.07) is 29.4. The Bertz CT molecular complexity index is 2200. The first-order chi connectivity index (χ1) is 23.0. The fourth-order valence-electron chi connectivity index (χ4n) is 5.12. The van der Waals surface area contributed by atoms with Crippen molar-refractivity contribution in [3.8, 4) is 28.4 Å². The summed E-state index contributed by atoms with van der Waals surface area (Å²) in [7, 11) is -4.10. The molecule has 6 rings (SSSR count). The van der Waals surface area contributed by atoms with Crippen molar-refractivity contribution in [2.24, 2.45) is 0 Å². The number of ketones is 1. The highest BCUT2D eigenvalue weighted by molar-refractivity contribution is 7.75. The predicted molar refractivity (Wildman–Crippen MR) is 175 cm³/mol. The Morgan fingerprint density at radius 1 is 0.562 bits per heavy atom. The fourth-order valence-corrected chi connectivity index (χ4v) is 7.52. The second-order valence-corrected chi connectivity index (χ2v) is 12.9. The molecule has 0 aromatic heterocycles. The first-order valence-corrected chi connectivity index (χ1v) is 16.2. The van der Waals surface area contributed by atoms with E-state index >= 15 is 4.57 Å². The smallest absolute Gasteiger partial charge is 0.345 e. The molecule has 0 N–H and O–H groups in total. The van der Waals surface area contributed by atoms with E-state index in [0.717, 1.165) is 6.92 Å². The summed E-state index contributed by atoms with van der Waals surface area (Å²) in [5.74, 6) is -3.56. The van der Waals surface area contributed by atoms with Gasteiger partial charge in [-0.3, -0.25) is 14.2 Å². The summed E-state index contributed by atoms with van der Waals surface area (Å²) >= 11 is 0. The molecule has 238 valence electrons. The van der Waals surface area contributed by atoms with E-state index in [9.17, 15) is 24.0 Å². The van der Waals surface area contributed by atoms with Gasteiger partial charge in [0.15, 0.2) is 5.78 Å². The van der Waals surface area contributed by atoms with Crippen molar-refractivity contribution in [2.45, 2.75) is 13.8 Å². The van der Waals surface area contributed by atoms with E-state index in [-0.39, 0.29) is 39.3 Å². The van der Waals surface area contributed by atoms with Gasteiger partial charge in [0.05, 0.1) is 27.3 Å². The van der Waals surface area contributed by atoms with E-state index in [0.29, 0.717) is 27.7 Å². The van der Waals surface area contributed by atoms with Crippen molar-refractivity contribution < 1.29 is 47.3 Å². The van der Waals surface area contributed by atoms with Crippen LogP contribution in [0.5, 0.6) is 17.2 Å². The Kier molecular flexibility index (Phi) is 8.59. The molecule has 0 fully saturated rings. The number of fused-ring (bicyclic) bond motifs is 3. The molecule has 0 saturated carbocycles. The summed E-state index contributed by atoms with van der Waals surface area (Å²) in [5, 5.41) is 0.250. The van der Waals surface area contributed by atoms with Crippen LogP contribution in [-0.4, -0.2) is 29.7 Å². The van der Waals surface area contributed by atoms with Gasteiger partial charge in [0.2, 0.25) is 0 Å². The van der Waals surface area contributed by atoms with Gasteiger partial charge in [0.1, 0.15) is 17.2 Å². The molecule has 1 aliphatic rings. The maximum absolute atomic E-state index is 15.1. The molecule has 11 heteroatoms. The third kappa shape index (κ3) is 6.29. The van der Waals surface area contributed by atoms with Crippen LogP contribution < -0.4 is 24.6 Å². The zero-order chi connectivity index (χ0) is 34.0. The second-order valence-electron chi connectivity index (χ2n) is 10.7. The van der Waals surface area contributed by atoms with Crippen LogP contribution in [0, 0.1) is 0 Å². The van der Waals surface area contributed by atoms with Gasteiger partial charge in [-0.2, -0.15) is 0 Å². The Morgan fingerprint density at radius 2 is 1.15 bits per heavy atom. The van der Waals surface area contributed by atoms with E-state index in [1.54, 1.807) is 48.5 Å². The average Bonchev–Trinajstić information content (AvgIpc) is 3.08. The number of ether oxygens (including phenoxy) is 3. The van der Waals surface area contributed by atoms with Crippen LogP contribution >= 0.6 is 7.37 Å². The number of Topliss-reactive ketones (excluding diaryl/α,β-unsaturated/α-hetero) is 1. The van der Waals surface area contributed by atoms with Gasteiger partial charge < -0.3 is 18.7 Å². The van der Waals surface area contributed by atoms with Crippen LogP contribution in [0.4, 0.5) is 0 Å². The SMILES string of the molecule is CC(=O)OC(=O)c1cccc(C(=O)Oc2ccc(OC(=O)c3cccc(C(C)=O)c3)cc2P2(=O)Oc3ccccc3-c3ccccc32)c1. The van der Waals surface area contributed by atoms with E-state index in [4.69, 9.17) is 14.0 Å². The predicted octanol–water partition coefficient (Wildman–Crippen LogP) is 6.32. The van der Waals surface area contributed by atoms with Gasteiger partial charge >= 0.3 is 31.2 Å². The number of carbonyl (C=O) groups excluding carboxylic acids is 5. The van der Waals surface area contributed by atoms with Crippen molar-refractivity contribution >= 4 is 47.6 Å². The van der Waals surface area contributed by atoms with Crippen molar-refractivity contribution in [1.29, 1.82) is 0 Å². The minimum Gasteiger partial charge on any atom is -0.436 e. The molecule has 5 aromatic rings. The molecule has 0 bridgehead atoms. The Balaban J connectivity index is 1.42. The number of carbonyl (C=O) groups is 5. The topological polar surface area (TPSA) is 139 Å². The van der Waals surface area contributed by atoms with Gasteiger partial charge in [0.25, 0.3) is 0 Å². The molecule has 48 heavy (non-hydrogen) atoms. The number of rotatable bonds is 7. The first kappa shape index (κ1) is 31.8. The lowest BCUT2D eigenvalue weighted by Gasteiger charge is -2.29. The van der Waals surface area contributed by atoms with E-state index < -0.39 is 31.2 Å². The normalized spacial score (nSPS) is 14.4. The van der Waals surface area contributed by atoms with Gasteiger partial charge in [-0.1, -0.05) is 54.6 Å². The lowest BCUT2D eigenvalue weighted by molar-refractivity contribution is -0.135. The van der Waals surface area contributed by atoms with Crippen LogP contribution in [0.25, 0.3) is 11.1 Å². The van der Waals surface area contributed by atoms with Crippen LogP contribution in [0.3, 0.4) is 0 Å². The monoisotopic (exact) mass is 660 g/mol. The fraction of sp³-hybridized carbons (Fsp3) is 0.0541. The molecule has 0 amide bonds. The van der Waals surface area contributed by atoms with Crippen LogP contribution in [0.1, 0.15) is 55.3 Å². The number of para-hydroxylation sites is 1. The van der Waals surface area contributed by atoms with Gasteiger partial charge in [-0.15, -0.1) is 0 Å². The molecule has 0 radical (unpaired) electrons. The molecule has 0 saturated heterocycles. The van der Waals surface area contributed by atoms with E-state index in [2.05, 4.69) is 4.74 Å². The van der Waals surface area contributed by atoms with Crippen molar-refractivity contribution in [3.05, 3.63) is 138 Å². The molecule has 0 aliphatic carbocycles. The third-order valence-corrected chi connectivity index (χ3v) is 9.82. The second kappa shape index (κ2) is 12.9. The summed E-state index contributed by atoms with van der Waals surface area (Å²) in [5.41, 5.74) is 1.66. The molecular weight excluding hydrogens is 635 g/mol. The Labute approximate surface area is 274 Å². The van der Waals surface area contributed by atoms with Crippen LogP contribution in [0.2, 0.25) is 0 Å². The number of hydrogen-bond donors (Lipinski definition) is 0. The molecule has 5 aromatic carbocycles. The summed E-state index contributed by atoms with van der Waals surface area (Å²) in [6.07, 6.45) is 0. The van der Waals surface area contributed by atoms with Gasteiger partial charge in [-0.25, -0.2) is 14.4 Å². The first-order valence-electron chi connectivity index (χ1n) is 14.5. The highest BCUT2D eigenvalue weighted by Gasteiger charge is 2.41. The number of esters is 4. The minimum absolute atomic E-state index is 0.0350. The van der Waals surface area contributed by atoms with E-state index in [1.165, 1.54) is 61.5 Å². The largest absolute Gasteiger partial charge is 0.436 e. The average molecular weight is 661 g/mol. The molecule has 1 atom stereocenters. The maximum Gasteiger partial charge on any atom is 0.345 e. The molecule has 0 spiro atoms. The molecule has 1 unspecified atom stereocenters. The Hall–Kier alpha value is -6.12. The number of benzene rings is 5. The molecule has 1 aliphatic heterocycles. The summed E-state index contributed by atoms with van der Waals surface area (Å²) in [6.45, 7) is 2.45. The molecule has 10 nitrogen and oxygen atoms in total. The van der Waals surface area contributed by atoms with Crippen molar-refractivity contribution in [1.82, 2.24) is 0 Å². The van der Waals surface area contributed by atoms with E-state index in [1.807, 2.05) is 12.1 Å². The van der Waals surface area contributed by atoms with Crippen LogP contribution in [-0.2, 0) is 14.1 Å². The van der Waals surface area contributed by atoms with Crippen LogP contribution in [0.15, 0.2) is 115 Å². The number of hydrogen-bond acceptors (Lipinski definition) is 10. The zero-order valence-electron chi connectivity index (χ0n) is 25.5. The standard InChI is InChI=1S/C37H25O10P/c1-22(38)24-9-7-10-25(19-24)36(41)45-28-17-18-32(46-37(42)27-12-8-11-26(20-27)35(40)44-23(2)39)34(21-28)48(43)33-16-6-4-14-30(33)29-13-3-5-15-31(29)47-48/h3-21H,1-2H3. The highest BCUT2D eigenvalue weighted by atomic mass is 31.2. The zero-order valence-corrected chi connectivity index (χ0v) is 26.4. The Morgan fingerprint density at radius 3 is 1.83 bits per heavy atom. The minimum atomic E-state index is -4.10. The van der Waals surface area contributed by atoms with Gasteiger partial charge in [-0.05, 0) is 73.2 Å². The molecule has 1 heterocycles. The summed E-state index contributed by atoms with van der Waals surface area (Å²) < 4.78 is 37.4. The maximum atomic E-state index is 15.1. The lowest BCUT2D eigenvalue weighted by Crippen LogP contribution is -2.27. The van der Waals surface area contributed by atoms with Crippen molar-refractivity contribution in [3.63, 3.8) is 0 Å². The lowest BCUT2D eigenvalue weighted by atomic mass is 10.0.